The molecule has 1 fully saturated rings. The smallest absolute Gasteiger partial charge is 0.321 e. The fraction of sp³-hybridized carbons (Fsp3) is 0.294. The highest BCUT2D eigenvalue weighted by atomic mass is 35.5. The molecule has 7 heteroatoms. The minimum atomic E-state index is -0.208. The third kappa shape index (κ3) is 3.71. The molecule has 1 N–H and O–H groups in total. The first-order chi connectivity index (χ1) is 11.5. The minimum Gasteiger partial charge on any atom is -0.440 e. The topological polar surface area (TPSA) is 65.8 Å². The number of nitrogens with zero attached hydrogens (tertiary/aromatic N) is 2. The van der Waals surface area contributed by atoms with Crippen molar-refractivity contribution in [2.24, 2.45) is 0 Å². The number of nitrogens with one attached hydrogen (secondary N) is 1. The molecule has 0 radical (unpaired) electrons. The highest BCUT2D eigenvalue weighted by Gasteiger charge is 2.26. The van der Waals surface area contributed by atoms with Crippen molar-refractivity contribution >= 4 is 29.2 Å². The number of halogens is 1. The molecule has 0 saturated carbocycles. The molecule has 1 aliphatic rings. The third-order valence-electron chi connectivity index (χ3n) is 3.94. The summed E-state index contributed by atoms with van der Waals surface area (Å²) in [6, 6.07) is 10.6. The zero-order valence-corrected chi connectivity index (χ0v) is 14.0. The van der Waals surface area contributed by atoms with Gasteiger partial charge in [-0.2, -0.15) is 0 Å². The molecule has 2 heterocycles. The zero-order valence-electron chi connectivity index (χ0n) is 13.3. The van der Waals surface area contributed by atoms with E-state index in [1.165, 1.54) is 0 Å². The molecular weight excluding hydrogens is 330 g/mol. The Hall–Kier alpha value is -2.47. The summed E-state index contributed by atoms with van der Waals surface area (Å²) in [5.74, 6) is 0.0121. The molecule has 1 aromatic heterocycles. The van der Waals surface area contributed by atoms with Crippen molar-refractivity contribution in [3.63, 3.8) is 0 Å². The molecule has 0 spiro atoms. The van der Waals surface area contributed by atoms with Gasteiger partial charge in [-0.25, -0.2) is 4.79 Å². The number of furan rings is 1. The number of carbonyl (C=O) groups is 2. The van der Waals surface area contributed by atoms with E-state index in [0.717, 1.165) is 11.3 Å². The summed E-state index contributed by atoms with van der Waals surface area (Å²) in [5, 5.41) is 3.05. The van der Waals surface area contributed by atoms with E-state index < -0.39 is 0 Å². The van der Waals surface area contributed by atoms with E-state index in [-0.39, 0.29) is 22.9 Å². The van der Waals surface area contributed by atoms with Crippen molar-refractivity contribution in [1.29, 1.82) is 0 Å². The minimum absolute atomic E-state index is 0.160. The van der Waals surface area contributed by atoms with E-state index in [0.29, 0.717) is 26.2 Å². The molecule has 2 aromatic rings. The summed E-state index contributed by atoms with van der Waals surface area (Å²) in [6.07, 6.45) is 0. The van der Waals surface area contributed by atoms with E-state index in [1.54, 1.807) is 21.9 Å². The summed E-state index contributed by atoms with van der Waals surface area (Å²) in [7, 11) is 0. The first-order valence-corrected chi connectivity index (χ1v) is 8.08. The number of anilines is 1. The maximum Gasteiger partial charge on any atom is 0.321 e. The van der Waals surface area contributed by atoms with Crippen LogP contribution in [-0.4, -0.2) is 47.9 Å². The highest BCUT2D eigenvalue weighted by Crippen LogP contribution is 2.16. The van der Waals surface area contributed by atoms with Crippen LogP contribution in [0.1, 0.15) is 16.1 Å². The predicted octanol–water partition coefficient (Wildman–Crippen LogP) is 3.23. The number of amides is 3. The molecule has 3 amide bonds. The lowest BCUT2D eigenvalue weighted by Crippen LogP contribution is -2.51. The number of piperazine rings is 1. The van der Waals surface area contributed by atoms with Gasteiger partial charge in [0.1, 0.15) is 0 Å². The fourth-order valence-electron chi connectivity index (χ4n) is 2.54. The van der Waals surface area contributed by atoms with Crippen LogP contribution in [0.5, 0.6) is 0 Å². The standard InChI is InChI=1S/C17H18ClN3O3/c1-12-2-4-13(5-3-12)19-17(23)21-10-8-20(9-11-21)16(22)14-6-7-15(18)24-14/h2-7H,8-11H2,1H3,(H,19,23). The van der Waals surface area contributed by atoms with Gasteiger partial charge in [0.2, 0.25) is 0 Å². The number of benzene rings is 1. The molecule has 1 aromatic carbocycles. The van der Waals surface area contributed by atoms with Crippen LogP contribution in [0.25, 0.3) is 0 Å². The molecule has 6 nitrogen and oxygen atoms in total. The van der Waals surface area contributed by atoms with Crippen LogP contribution in [0.4, 0.5) is 10.5 Å². The summed E-state index contributed by atoms with van der Waals surface area (Å²) < 4.78 is 5.14. The average Bonchev–Trinajstić information content (AvgIpc) is 3.03. The quantitative estimate of drug-likeness (QED) is 0.907. The van der Waals surface area contributed by atoms with Crippen molar-refractivity contribution in [3.8, 4) is 0 Å². The molecule has 3 rings (SSSR count). The van der Waals surface area contributed by atoms with E-state index in [9.17, 15) is 9.59 Å². The second-order valence-corrected chi connectivity index (χ2v) is 6.05. The number of hydrogen-bond acceptors (Lipinski definition) is 3. The van der Waals surface area contributed by atoms with Crippen molar-refractivity contribution in [2.75, 3.05) is 31.5 Å². The molecule has 0 atom stereocenters. The number of urea groups is 1. The zero-order chi connectivity index (χ0) is 17.1. The van der Waals surface area contributed by atoms with E-state index in [4.69, 9.17) is 16.0 Å². The Labute approximate surface area is 145 Å². The van der Waals surface area contributed by atoms with E-state index >= 15 is 0 Å². The fourth-order valence-corrected chi connectivity index (χ4v) is 2.68. The summed E-state index contributed by atoms with van der Waals surface area (Å²) in [4.78, 5) is 27.9. The molecule has 0 aliphatic carbocycles. The Kier molecular flexibility index (Phi) is 4.76. The first-order valence-electron chi connectivity index (χ1n) is 7.70. The Bertz CT molecular complexity index is 734. The lowest BCUT2D eigenvalue weighted by atomic mass is 10.2. The van der Waals surface area contributed by atoms with Crippen molar-refractivity contribution in [1.82, 2.24) is 9.80 Å². The summed E-state index contributed by atoms with van der Waals surface area (Å²) in [6.45, 7) is 3.85. The molecule has 1 aliphatic heterocycles. The van der Waals surface area contributed by atoms with E-state index in [2.05, 4.69) is 5.32 Å². The first kappa shape index (κ1) is 16.4. The van der Waals surface area contributed by atoms with Crippen molar-refractivity contribution in [3.05, 3.63) is 52.9 Å². The van der Waals surface area contributed by atoms with Crippen LogP contribution in [0.2, 0.25) is 5.22 Å². The van der Waals surface area contributed by atoms with Gasteiger partial charge < -0.3 is 19.5 Å². The number of aryl methyl sites for hydroxylation is 1. The maximum atomic E-state index is 12.3. The highest BCUT2D eigenvalue weighted by molar-refractivity contribution is 6.29. The third-order valence-corrected chi connectivity index (χ3v) is 4.14. The van der Waals surface area contributed by atoms with Gasteiger partial charge in [-0.1, -0.05) is 17.7 Å². The number of hydrogen-bond donors (Lipinski definition) is 1. The molecule has 126 valence electrons. The average molecular weight is 348 g/mol. The normalized spacial score (nSPS) is 14.6. The Morgan fingerprint density at radius 3 is 2.21 bits per heavy atom. The van der Waals surface area contributed by atoms with Crippen LogP contribution in [0.15, 0.2) is 40.8 Å². The number of carbonyl (C=O) groups excluding carboxylic acids is 2. The Morgan fingerprint density at radius 1 is 1.00 bits per heavy atom. The van der Waals surface area contributed by atoms with Gasteiger partial charge in [0, 0.05) is 31.9 Å². The summed E-state index contributed by atoms with van der Waals surface area (Å²) in [5.41, 5.74) is 1.90. The maximum absolute atomic E-state index is 12.3. The van der Waals surface area contributed by atoms with Gasteiger partial charge in [0.25, 0.3) is 5.91 Å². The van der Waals surface area contributed by atoms with Gasteiger partial charge in [0.05, 0.1) is 0 Å². The van der Waals surface area contributed by atoms with Crippen LogP contribution in [0.3, 0.4) is 0 Å². The van der Waals surface area contributed by atoms with E-state index in [1.807, 2.05) is 31.2 Å². The second-order valence-electron chi connectivity index (χ2n) is 5.68. The predicted molar refractivity (Wildman–Crippen MR) is 91.4 cm³/mol. The van der Waals surface area contributed by atoms with Gasteiger partial charge in [0.15, 0.2) is 11.0 Å². The molecule has 0 unspecified atom stereocenters. The largest absolute Gasteiger partial charge is 0.440 e. The van der Waals surface area contributed by atoms with Gasteiger partial charge in [-0.15, -0.1) is 0 Å². The van der Waals surface area contributed by atoms with Gasteiger partial charge in [-0.05, 0) is 42.8 Å². The number of rotatable bonds is 2. The van der Waals surface area contributed by atoms with Crippen LogP contribution in [0, 0.1) is 6.92 Å². The molecule has 24 heavy (non-hydrogen) atoms. The van der Waals surface area contributed by atoms with Crippen molar-refractivity contribution < 1.29 is 14.0 Å². The molecule has 0 bridgehead atoms. The van der Waals surface area contributed by atoms with Crippen molar-refractivity contribution in [2.45, 2.75) is 6.92 Å². The SMILES string of the molecule is Cc1ccc(NC(=O)N2CCN(C(=O)c3ccc(Cl)o3)CC2)cc1. The van der Waals surface area contributed by atoms with Crippen LogP contribution >= 0.6 is 11.6 Å². The summed E-state index contributed by atoms with van der Waals surface area (Å²) >= 11 is 5.70. The molecular formula is C17H18ClN3O3. The lowest BCUT2D eigenvalue weighted by molar-refractivity contribution is 0.0640. The van der Waals surface area contributed by atoms with Crippen LogP contribution in [-0.2, 0) is 0 Å². The second kappa shape index (κ2) is 6.97. The Morgan fingerprint density at radius 2 is 1.62 bits per heavy atom. The van der Waals surface area contributed by atoms with Crippen LogP contribution < -0.4 is 5.32 Å². The lowest BCUT2D eigenvalue weighted by Gasteiger charge is -2.34. The monoisotopic (exact) mass is 347 g/mol. The Balaban J connectivity index is 1.53. The van der Waals surface area contributed by atoms with Gasteiger partial charge >= 0.3 is 6.03 Å². The molecule has 1 saturated heterocycles. The van der Waals surface area contributed by atoms with Gasteiger partial charge in [-0.3, -0.25) is 4.79 Å².